The third kappa shape index (κ3) is 10.7. The molecule has 0 saturated carbocycles. The van der Waals surface area contributed by atoms with E-state index in [0.29, 0.717) is 0 Å². The van der Waals surface area contributed by atoms with Crippen molar-refractivity contribution in [2.24, 2.45) is 0 Å². The molecule has 0 atom stereocenters. The molecule has 24 heteroatoms. The molecule has 0 saturated heterocycles. The lowest BCUT2D eigenvalue weighted by atomic mass is 10.1. The number of rotatable bonds is 4. The van der Waals surface area contributed by atoms with Crippen LogP contribution in [-0.4, -0.2) is 131 Å². The number of hydrogen-bond acceptors (Lipinski definition) is 16. The van der Waals surface area contributed by atoms with Crippen molar-refractivity contribution in [1.29, 1.82) is 0 Å². The molecule has 5 rings (SSSR count). The smallest absolute Gasteiger partial charge is 0.295 e. The van der Waals surface area contributed by atoms with Gasteiger partial charge in [-0.15, -0.1) is 0 Å². The molecule has 1 aliphatic heterocycles. The summed E-state index contributed by atoms with van der Waals surface area (Å²) in [7, 11) is -19.8. The Morgan fingerprint density at radius 1 is 0.304 bits per heavy atom. The molecule has 20 nitrogen and oxygen atoms in total. The molecule has 0 fully saturated rings. The van der Waals surface area contributed by atoms with Gasteiger partial charge in [0, 0.05) is 21.5 Å². The van der Waals surface area contributed by atoms with E-state index >= 15 is 0 Å². The molecule has 4 aromatic carbocycles. The summed E-state index contributed by atoms with van der Waals surface area (Å²) >= 11 is 0. The lowest BCUT2D eigenvalue weighted by molar-refractivity contribution is 0.0273. The molecule has 0 unspecified atom stereocenters. The van der Waals surface area contributed by atoms with Crippen LogP contribution in [0.4, 0.5) is 0 Å². The number of ether oxygens (including phenoxy) is 8. The molecular weight excluding hydrogens is 833 g/mol. The van der Waals surface area contributed by atoms with Crippen molar-refractivity contribution < 1.29 is 89.8 Å². The van der Waals surface area contributed by atoms with Crippen molar-refractivity contribution >= 4 is 62.0 Å². The maximum Gasteiger partial charge on any atom is 0.295 e. The molecule has 56 heavy (non-hydrogen) atoms. The van der Waals surface area contributed by atoms with E-state index in [4.69, 9.17) is 37.9 Å². The summed E-state index contributed by atoms with van der Waals surface area (Å²) in [5.41, 5.74) is 0. The van der Waals surface area contributed by atoms with Gasteiger partial charge in [-0.3, -0.25) is 18.2 Å². The Labute approximate surface area is 321 Å². The molecule has 0 amide bonds. The fourth-order valence-corrected chi connectivity index (χ4v) is 8.37. The van der Waals surface area contributed by atoms with E-state index in [1.54, 1.807) is 0 Å². The second kappa shape index (κ2) is 18.1. The zero-order chi connectivity index (χ0) is 40.7. The van der Waals surface area contributed by atoms with Crippen molar-refractivity contribution in [2.45, 2.75) is 19.6 Å². The minimum Gasteiger partial charge on any atom is -0.490 e. The molecule has 0 aromatic heterocycles. The maximum atomic E-state index is 12.3. The highest BCUT2D eigenvalue weighted by Gasteiger charge is 2.28. The van der Waals surface area contributed by atoms with E-state index < -0.39 is 60.1 Å². The minimum atomic E-state index is -4.95. The van der Waals surface area contributed by atoms with Gasteiger partial charge in [0.2, 0.25) is 0 Å². The van der Waals surface area contributed by atoms with Gasteiger partial charge in [0.05, 0.1) is 52.9 Å². The Morgan fingerprint density at radius 3 is 0.661 bits per heavy atom. The largest absolute Gasteiger partial charge is 0.490 e. The Balaban J connectivity index is 1.39. The summed E-state index contributed by atoms with van der Waals surface area (Å²) in [6.45, 7) is -1.15. The molecule has 4 N–H and O–H groups in total. The van der Waals surface area contributed by atoms with Gasteiger partial charge in [-0.05, 0) is 48.5 Å². The topological polar surface area (TPSA) is 291 Å². The monoisotopic (exact) mass is 868 g/mol. The first-order chi connectivity index (χ1) is 26.4. The quantitative estimate of drug-likeness (QED) is 0.214. The molecule has 4 aromatic rings. The van der Waals surface area contributed by atoms with Crippen LogP contribution >= 0.6 is 0 Å². The predicted octanol–water partition coefficient (Wildman–Crippen LogP) is 2.28. The Hall–Kier alpha value is -3.92. The fourth-order valence-electron chi connectivity index (χ4n) is 5.57. The summed E-state index contributed by atoms with van der Waals surface area (Å²) < 4.78 is 183. The van der Waals surface area contributed by atoms with Gasteiger partial charge in [-0.25, -0.2) is 0 Å². The molecule has 0 spiro atoms. The highest BCUT2D eigenvalue weighted by Crippen LogP contribution is 2.43. The molecule has 1 heterocycles. The van der Waals surface area contributed by atoms with E-state index in [-0.39, 0.29) is 124 Å². The van der Waals surface area contributed by atoms with Crippen LogP contribution in [0.25, 0.3) is 21.5 Å². The first-order valence-electron chi connectivity index (χ1n) is 16.3. The molecule has 0 radical (unpaired) electrons. The van der Waals surface area contributed by atoms with Crippen molar-refractivity contribution in [3.05, 3.63) is 48.5 Å². The first-order valence-corrected chi connectivity index (χ1v) is 22.1. The van der Waals surface area contributed by atoms with Crippen LogP contribution in [0.2, 0.25) is 0 Å². The first kappa shape index (κ1) is 43.2. The van der Waals surface area contributed by atoms with Gasteiger partial charge in [0.1, 0.15) is 69.0 Å². The van der Waals surface area contributed by atoms with Crippen LogP contribution in [0.5, 0.6) is 23.0 Å². The van der Waals surface area contributed by atoms with Gasteiger partial charge in [-0.1, -0.05) is 0 Å². The molecule has 308 valence electrons. The van der Waals surface area contributed by atoms with Crippen molar-refractivity contribution in [2.75, 3.05) is 79.3 Å². The lowest BCUT2D eigenvalue weighted by Gasteiger charge is -2.18. The van der Waals surface area contributed by atoms with Gasteiger partial charge in [-0.2, -0.15) is 33.7 Å². The van der Waals surface area contributed by atoms with Gasteiger partial charge in [0.15, 0.2) is 0 Å². The van der Waals surface area contributed by atoms with Gasteiger partial charge >= 0.3 is 0 Å². The molecular formula is C32H36O20S4. The number of hydrogen-bond donors (Lipinski definition) is 4. The van der Waals surface area contributed by atoms with Gasteiger partial charge in [0.25, 0.3) is 40.5 Å². The predicted molar refractivity (Wildman–Crippen MR) is 192 cm³/mol. The van der Waals surface area contributed by atoms with Crippen LogP contribution in [0, 0.1) is 0 Å². The van der Waals surface area contributed by atoms with Crippen molar-refractivity contribution in [3.8, 4) is 23.0 Å². The summed E-state index contributed by atoms with van der Waals surface area (Å²) in [6.07, 6.45) is 0. The van der Waals surface area contributed by atoms with E-state index in [9.17, 15) is 51.9 Å². The van der Waals surface area contributed by atoms with Crippen LogP contribution in [0.3, 0.4) is 0 Å². The normalized spacial score (nSPS) is 16.9. The SMILES string of the molecule is O=S(=O)(O)c1ccc2c3c(S(=O)(=O)O)ccc(c13)OCCOCCOCCOc1ccc(S(=O)(=O)O)c3c(ccc(S(=O)(=O)O)c13)OCCOCCOCCO2. The third-order valence-electron chi connectivity index (χ3n) is 7.81. The van der Waals surface area contributed by atoms with Crippen molar-refractivity contribution in [1.82, 2.24) is 0 Å². The minimum absolute atomic E-state index is 0.00539. The van der Waals surface area contributed by atoms with E-state index in [2.05, 4.69) is 0 Å². The van der Waals surface area contributed by atoms with Crippen LogP contribution in [0.15, 0.2) is 68.1 Å². The summed E-state index contributed by atoms with van der Waals surface area (Å²) in [5, 5.41) is -1.53. The van der Waals surface area contributed by atoms with E-state index in [0.717, 1.165) is 48.5 Å². The standard InChI is InChI=1S/C32H36O20S4/c33-53(34,35)25-5-1-21-29-26(54(36,37)38)6-2-22(30(25)29)50-18-14-47-11-12-48-16-20-52-24-4-8-27(55(39,40)41)31-23(3-7-28(32(24)31)56(42,43)44)51-19-15-46-10-9-45-13-17-49-21/h1-8H,9-20H2,(H,33,34,35)(H,36,37,38)(H,39,40,41)(H,42,43,44). The average molecular weight is 869 g/mol. The highest BCUT2D eigenvalue weighted by atomic mass is 32.2. The van der Waals surface area contributed by atoms with E-state index in [1.165, 1.54) is 0 Å². The Bertz CT molecular complexity index is 2150. The zero-order valence-electron chi connectivity index (χ0n) is 29.1. The highest BCUT2D eigenvalue weighted by molar-refractivity contribution is 7.87. The van der Waals surface area contributed by atoms with E-state index in [1.807, 2.05) is 0 Å². The zero-order valence-corrected chi connectivity index (χ0v) is 32.3. The molecule has 1 aliphatic rings. The maximum absolute atomic E-state index is 12.3. The van der Waals surface area contributed by atoms with Crippen molar-refractivity contribution in [3.63, 3.8) is 0 Å². The summed E-state index contributed by atoms with van der Waals surface area (Å²) in [5.74, 6) is -0.743. The summed E-state index contributed by atoms with van der Waals surface area (Å²) in [4.78, 5) is -2.87. The molecule has 0 aliphatic carbocycles. The van der Waals surface area contributed by atoms with Crippen LogP contribution in [0.1, 0.15) is 0 Å². The summed E-state index contributed by atoms with van der Waals surface area (Å²) in [6, 6.07) is 8.31. The number of benzene rings is 4. The van der Waals surface area contributed by atoms with Gasteiger partial charge < -0.3 is 37.9 Å². The second-order valence-electron chi connectivity index (χ2n) is 11.5. The van der Waals surface area contributed by atoms with Crippen LogP contribution < -0.4 is 18.9 Å². The Kier molecular flexibility index (Phi) is 14.0. The lowest BCUT2D eigenvalue weighted by Crippen LogP contribution is -2.15. The van der Waals surface area contributed by atoms with Crippen LogP contribution in [-0.2, 0) is 59.4 Å². The molecule has 8 bridgehead atoms. The average Bonchev–Trinajstić information content (AvgIpc) is 3.10. The Morgan fingerprint density at radius 2 is 0.482 bits per heavy atom. The fraction of sp³-hybridized carbons (Fsp3) is 0.375. The second-order valence-corrected chi connectivity index (χ2v) is 17.1. The third-order valence-corrected chi connectivity index (χ3v) is 11.4.